The lowest BCUT2D eigenvalue weighted by Gasteiger charge is -2.27. The van der Waals surface area contributed by atoms with Gasteiger partial charge in [0.25, 0.3) is 0 Å². The van der Waals surface area contributed by atoms with Crippen molar-refractivity contribution in [3.05, 3.63) is 29.8 Å². The lowest BCUT2D eigenvalue weighted by Crippen LogP contribution is -2.45. The average molecular weight is 414 g/mol. The second kappa shape index (κ2) is 9.27. The molecular formula is C15H19IN4O2. The lowest BCUT2D eigenvalue weighted by atomic mass is 10.2. The summed E-state index contributed by atoms with van der Waals surface area (Å²) >= 11 is 0. The highest BCUT2D eigenvalue weighted by molar-refractivity contribution is 14.0. The molecule has 1 amide bonds. The first kappa shape index (κ1) is 18.3. The van der Waals surface area contributed by atoms with Crippen LogP contribution in [-0.2, 0) is 9.53 Å². The second-order valence-corrected chi connectivity index (χ2v) is 4.55. The smallest absolute Gasteiger partial charge is 0.246 e. The molecule has 0 radical (unpaired) electrons. The Morgan fingerprint density at radius 2 is 2.18 bits per heavy atom. The first-order valence-electron chi connectivity index (χ1n) is 6.68. The van der Waals surface area contributed by atoms with Gasteiger partial charge in [0.05, 0.1) is 13.2 Å². The minimum absolute atomic E-state index is 0. The summed E-state index contributed by atoms with van der Waals surface area (Å²) < 4.78 is 5.23. The Labute approximate surface area is 147 Å². The average Bonchev–Trinajstić information content (AvgIpc) is 2.53. The molecular weight excluding hydrogens is 395 g/mol. The summed E-state index contributed by atoms with van der Waals surface area (Å²) in [5.41, 5.74) is 7.21. The van der Waals surface area contributed by atoms with Gasteiger partial charge in [-0.15, -0.1) is 30.4 Å². The van der Waals surface area contributed by atoms with Crippen LogP contribution in [0.25, 0.3) is 0 Å². The van der Waals surface area contributed by atoms with Crippen molar-refractivity contribution in [3.63, 3.8) is 0 Å². The molecule has 0 spiro atoms. The van der Waals surface area contributed by atoms with Gasteiger partial charge in [0, 0.05) is 24.3 Å². The van der Waals surface area contributed by atoms with E-state index >= 15 is 0 Å². The minimum atomic E-state index is -0.236. The molecule has 1 heterocycles. The molecule has 0 saturated carbocycles. The fraction of sp³-hybridized carbons (Fsp3) is 0.333. The first-order chi connectivity index (χ1) is 10.2. The van der Waals surface area contributed by atoms with E-state index in [4.69, 9.17) is 16.9 Å². The highest BCUT2D eigenvalue weighted by atomic mass is 127. The number of ether oxygens (including phenoxy) is 1. The highest BCUT2D eigenvalue weighted by Gasteiger charge is 2.12. The van der Waals surface area contributed by atoms with Crippen molar-refractivity contribution in [3.8, 4) is 12.3 Å². The number of morpholine rings is 1. The molecule has 2 rings (SSSR count). The highest BCUT2D eigenvalue weighted by Crippen LogP contribution is 2.09. The van der Waals surface area contributed by atoms with Crippen molar-refractivity contribution in [1.29, 1.82) is 0 Å². The number of benzene rings is 1. The van der Waals surface area contributed by atoms with Crippen LogP contribution in [0.3, 0.4) is 0 Å². The van der Waals surface area contributed by atoms with E-state index in [0.717, 1.165) is 0 Å². The monoisotopic (exact) mass is 414 g/mol. The molecule has 1 aliphatic rings. The number of rotatable bonds is 3. The van der Waals surface area contributed by atoms with E-state index in [9.17, 15) is 4.79 Å². The van der Waals surface area contributed by atoms with Gasteiger partial charge in [-0.25, -0.2) is 4.99 Å². The number of hydrogen-bond donors (Lipinski definition) is 2. The Bertz CT molecular complexity index is 577. The van der Waals surface area contributed by atoms with Gasteiger partial charge in [0.1, 0.15) is 6.54 Å². The zero-order valence-electron chi connectivity index (χ0n) is 12.1. The Hall–Kier alpha value is -1.79. The van der Waals surface area contributed by atoms with E-state index in [2.05, 4.69) is 16.2 Å². The number of halogens is 1. The number of amides is 1. The van der Waals surface area contributed by atoms with Crippen molar-refractivity contribution in [2.75, 3.05) is 38.2 Å². The summed E-state index contributed by atoms with van der Waals surface area (Å²) in [7, 11) is 0. The molecule has 0 bridgehead atoms. The molecule has 3 N–H and O–H groups in total. The first-order valence-corrected chi connectivity index (χ1v) is 6.68. The van der Waals surface area contributed by atoms with Gasteiger partial charge in [-0.2, -0.15) is 0 Å². The predicted octanol–water partition coefficient (Wildman–Crippen LogP) is 0.871. The third-order valence-electron chi connectivity index (χ3n) is 3.03. The number of hydrogen-bond acceptors (Lipinski definition) is 3. The molecule has 1 fully saturated rings. The molecule has 1 aromatic carbocycles. The maximum atomic E-state index is 11.8. The van der Waals surface area contributed by atoms with Crippen molar-refractivity contribution >= 4 is 41.5 Å². The van der Waals surface area contributed by atoms with Crippen LogP contribution < -0.4 is 11.1 Å². The summed E-state index contributed by atoms with van der Waals surface area (Å²) in [5.74, 6) is 2.65. The van der Waals surface area contributed by atoms with Gasteiger partial charge >= 0.3 is 0 Å². The number of carbonyl (C=O) groups excluding carboxylic acids is 1. The Morgan fingerprint density at radius 1 is 1.45 bits per heavy atom. The normalized spacial score (nSPS) is 14.7. The van der Waals surface area contributed by atoms with Crippen molar-refractivity contribution < 1.29 is 9.53 Å². The number of nitrogens with one attached hydrogen (secondary N) is 1. The van der Waals surface area contributed by atoms with Crippen molar-refractivity contribution in [2.24, 2.45) is 10.7 Å². The number of nitrogens with two attached hydrogens (primary N) is 1. The quantitative estimate of drug-likeness (QED) is 0.333. The molecule has 0 unspecified atom stereocenters. The largest absolute Gasteiger partial charge is 0.378 e. The fourth-order valence-corrected chi connectivity index (χ4v) is 1.93. The number of carbonyl (C=O) groups is 1. The van der Waals surface area contributed by atoms with Crippen LogP contribution >= 0.6 is 24.0 Å². The number of nitrogens with zero attached hydrogens (tertiary/aromatic N) is 2. The summed E-state index contributed by atoms with van der Waals surface area (Å²) in [6.07, 6.45) is 5.31. The molecule has 6 nitrogen and oxygen atoms in total. The van der Waals surface area contributed by atoms with Crippen LogP contribution in [0.1, 0.15) is 5.56 Å². The third kappa shape index (κ3) is 5.54. The van der Waals surface area contributed by atoms with Crippen molar-refractivity contribution in [1.82, 2.24) is 4.90 Å². The van der Waals surface area contributed by atoms with E-state index in [1.807, 2.05) is 4.90 Å². The van der Waals surface area contributed by atoms with Gasteiger partial charge < -0.3 is 20.7 Å². The minimum Gasteiger partial charge on any atom is -0.378 e. The molecule has 1 saturated heterocycles. The zero-order valence-corrected chi connectivity index (χ0v) is 14.4. The standard InChI is InChI=1S/C15H18N4O2.HI/c1-2-12-4-3-5-13(10-12)18-14(20)11-17-15(16)19-6-8-21-9-7-19;/h1,3-5,10H,6-9,11H2,(H2,16,17)(H,18,20);1H. The van der Waals surface area contributed by atoms with Crippen LogP contribution in [0.5, 0.6) is 0 Å². The number of aliphatic imine (C=N–C) groups is 1. The molecule has 0 aromatic heterocycles. The zero-order chi connectivity index (χ0) is 15.1. The molecule has 118 valence electrons. The number of terminal acetylenes is 1. The SMILES string of the molecule is C#Cc1cccc(NC(=O)CN=C(N)N2CCOCC2)c1.I. The number of anilines is 1. The van der Waals surface area contributed by atoms with Crippen LogP contribution in [0, 0.1) is 12.3 Å². The number of guanidine groups is 1. The van der Waals surface area contributed by atoms with Crippen LogP contribution in [-0.4, -0.2) is 49.6 Å². The Balaban J connectivity index is 0.00000242. The summed E-state index contributed by atoms with van der Waals surface area (Å²) in [5, 5.41) is 2.73. The molecule has 0 aliphatic carbocycles. The maximum absolute atomic E-state index is 11.8. The van der Waals surface area contributed by atoms with E-state index < -0.39 is 0 Å². The summed E-state index contributed by atoms with van der Waals surface area (Å²) in [6, 6.07) is 7.08. The molecule has 22 heavy (non-hydrogen) atoms. The maximum Gasteiger partial charge on any atom is 0.246 e. The molecule has 1 aromatic rings. The molecule has 0 atom stereocenters. The van der Waals surface area contributed by atoms with Crippen molar-refractivity contribution in [2.45, 2.75) is 0 Å². The van der Waals surface area contributed by atoms with Crippen LogP contribution in [0.15, 0.2) is 29.3 Å². The van der Waals surface area contributed by atoms with Gasteiger partial charge in [0.15, 0.2) is 5.96 Å². The third-order valence-corrected chi connectivity index (χ3v) is 3.03. The van der Waals surface area contributed by atoms with E-state index in [1.165, 1.54) is 0 Å². The van der Waals surface area contributed by atoms with Gasteiger partial charge in [-0.05, 0) is 18.2 Å². The topological polar surface area (TPSA) is 80.0 Å². The van der Waals surface area contributed by atoms with E-state index in [1.54, 1.807) is 24.3 Å². The van der Waals surface area contributed by atoms with Crippen LogP contribution in [0.4, 0.5) is 5.69 Å². The molecule has 7 heteroatoms. The van der Waals surface area contributed by atoms with E-state index in [-0.39, 0.29) is 36.4 Å². The van der Waals surface area contributed by atoms with Gasteiger partial charge in [-0.1, -0.05) is 12.0 Å². The van der Waals surface area contributed by atoms with Crippen LogP contribution in [0.2, 0.25) is 0 Å². The summed E-state index contributed by atoms with van der Waals surface area (Å²) in [6.45, 7) is 2.62. The Kier molecular flexibility index (Phi) is 7.70. The Morgan fingerprint density at radius 3 is 2.86 bits per heavy atom. The van der Waals surface area contributed by atoms with Gasteiger partial charge in [-0.3, -0.25) is 4.79 Å². The van der Waals surface area contributed by atoms with E-state index in [0.29, 0.717) is 43.5 Å². The summed E-state index contributed by atoms with van der Waals surface area (Å²) in [4.78, 5) is 17.8. The van der Waals surface area contributed by atoms with Gasteiger partial charge in [0.2, 0.25) is 5.91 Å². The second-order valence-electron chi connectivity index (χ2n) is 4.55. The fourth-order valence-electron chi connectivity index (χ4n) is 1.93. The lowest BCUT2D eigenvalue weighted by molar-refractivity contribution is -0.114. The predicted molar refractivity (Wildman–Crippen MR) is 97.3 cm³/mol. The molecule has 1 aliphatic heterocycles.